The molecule has 1 aliphatic heterocycles. The molecule has 1 aromatic carbocycles. The normalized spacial score (nSPS) is 20.8. The molecule has 0 radical (unpaired) electrons. The van der Waals surface area contributed by atoms with Crippen LogP contribution >= 0.6 is 0 Å². The van der Waals surface area contributed by atoms with Gasteiger partial charge in [-0.05, 0) is 51.8 Å². The second-order valence-corrected chi connectivity index (χ2v) is 5.75. The molecule has 20 heavy (non-hydrogen) atoms. The zero-order valence-electron chi connectivity index (χ0n) is 12.7. The van der Waals surface area contributed by atoms with E-state index in [1.807, 2.05) is 0 Å². The van der Waals surface area contributed by atoms with Gasteiger partial charge in [-0.1, -0.05) is 0 Å². The Morgan fingerprint density at radius 3 is 2.80 bits per heavy atom. The van der Waals surface area contributed by atoms with Crippen LogP contribution in [0.5, 0.6) is 5.75 Å². The van der Waals surface area contributed by atoms with Crippen molar-refractivity contribution in [3.63, 3.8) is 0 Å². The van der Waals surface area contributed by atoms with E-state index in [0.717, 1.165) is 25.1 Å². The summed E-state index contributed by atoms with van der Waals surface area (Å²) in [5.41, 5.74) is 0.936. The van der Waals surface area contributed by atoms with E-state index in [2.05, 4.69) is 24.1 Å². The maximum Gasteiger partial charge on any atom is 0.165 e. The molecule has 2 rings (SSSR count). The number of hydrogen-bond donors (Lipinski definition) is 1. The Kier molecular flexibility index (Phi) is 5.24. The van der Waals surface area contributed by atoms with E-state index in [4.69, 9.17) is 4.74 Å². The van der Waals surface area contributed by atoms with Gasteiger partial charge in [-0.15, -0.1) is 0 Å². The number of hydrogen-bond acceptors (Lipinski definition) is 3. The SMILES string of the molecule is COc1cc(NC2CCCN(C(C)C)CC2)ccc1F. The third kappa shape index (κ3) is 3.85. The molecule has 4 heteroatoms. The number of anilines is 1. The number of rotatable bonds is 4. The highest BCUT2D eigenvalue weighted by atomic mass is 19.1. The standard InChI is InChI=1S/C16H25FN2O/c1-12(2)19-9-4-5-13(8-10-19)18-14-6-7-15(17)16(11-14)20-3/h6-7,11-13,18H,4-5,8-10H2,1-3H3. The van der Waals surface area contributed by atoms with Gasteiger partial charge >= 0.3 is 0 Å². The minimum absolute atomic E-state index is 0.299. The summed E-state index contributed by atoms with van der Waals surface area (Å²) in [5, 5.41) is 3.51. The lowest BCUT2D eigenvalue weighted by Gasteiger charge is -2.24. The van der Waals surface area contributed by atoms with Gasteiger partial charge in [-0.2, -0.15) is 0 Å². The molecular weight excluding hydrogens is 255 g/mol. The molecule has 1 atom stereocenters. The van der Waals surface area contributed by atoms with Gasteiger partial charge in [0.05, 0.1) is 7.11 Å². The molecule has 0 aliphatic carbocycles. The zero-order chi connectivity index (χ0) is 14.5. The van der Waals surface area contributed by atoms with Crippen molar-refractivity contribution in [3.05, 3.63) is 24.0 Å². The van der Waals surface area contributed by atoms with E-state index in [1.54, 1.807) is 12.1 Å². The van der Waals surface area contributed by atoms with Crippen LogP contribution in [0.2, 0.25) is 0 Å². The fraction of sp³-hybridized carbons (Fsp3) is 0.625. The first-order chi connectivity index (χ1) is 9.60. The molecule has 0 saturated carbocycles. The number of nitrogens with zero attached hydrogens (tertiary/aromatic N) is 1. The molecule has 1 heterocycles. The molecule has 0 aromatic heterocycles. The van der Waals surface area contributed by atoms with Crippen molar-refractivity contribution < 1.29 is 9.13 Å². The summed E-state index contributed by atoms with van der Waals surface area (Å²) in [6.45, 7) is 6.79. The first-order valence-corrected chi connectivity index (χ1v) is 7.44. The van der Waals surface area contributed by atoms with Crippen molar-refractivity contribution in [2.24, 2.45) is 0 Å². The van der Waals surface area contributed by atoms with Gasteiger partial charge in [0, 0.05) is 30.4 Å². The highest BCUT2D eigenvalue weighted by molar-refractivity contribution is 5.49. The molecule has 0 amide bonds. The summed E-state index contributed by atoms with van der Waals surface area (Å²) in [6.07, 6.45) is 3.48. The first kappa shape index (κ1) is 15.1. The molecule has 1 fully saturated rings. The van der Waals surface area contributed by atoms with Crippen LogP contribution < -0.4 is 10.1 Å². The highest BCUT2D eigenvalue weighted by Crippen LogP contribution is 2.24. The summed E-state index contributed by atoms with van der Waals surface area (Å²) in [7, 11) is 1.49. The maximum atomic E-state index is 13.4. The topological polar surface area (TPSA) is 24.5 Å². The van der Waals surface area contributed by atoms with Gasteiger partial charge in [0.15, 0.2) is 11.6 Å². The fourth-order valence-corrected chi connectivity index (χ4v) is 2.76. The predicted molar refractivity (Wildman–Crippen MR) is 80.9 cm³/mol. The summed E-state index contributed by atoms with van der Waals surface area (Å²) in [5.74, 6) is -0.0164. The van der Waals surface area contributed by atoms with Crippen LogP contribution in [0, 0.1) is 5.82 Å². The van der Waals surface area contributed by atoms with Crippen molar-refractivity contribution >= 4 is 5.69 Å². The lowest BCUT2D eigenvalue weighted by Crippen LogP contribution is -2.32. The van der Waals surface area contributed by atoms with Gasteiger partial charge in [0.2, 0.25) is 0 Å². The first-order valence-electron chi connectivity index (χ1n) is 7.44. The Balaban J connectivity index is 1.96. The molecule has 1 unspecified atom stereocenters. The second kappa shape index (κ2) is 6.93. The number of likely N-dealkylation sites (tertiary alicyclic amines) is 1. The summed E-state index contributed by atoms with van der Waals surface area (Å²) in [6, 6.07) is 6.04. The summed E-state index contributed by atoms with van der Waals surface area (Å²) in [4.78, 5) is 2.52. The fourth-order valence-electron chi connectivity index (χ4n) is 2.76. The van der Waals surface area contributed by atoms with Crippen LogP contribution in [0.4, 0.5) is 10.1 Å². The van der Waals surface area contributed by atoms with Crippen molar-refractivity contribution in [1.82, 2.24) is 4.90 Å². The number of nitrogens with one attached hydrogen (secondary N) is 1. The van der Waals surface area contributed by atoms with Crippen LogP contribution in [-0.2, 0) is 0 Å². The van der Waals surface area contributed by atoms with Crippen LogP contribution in [-0.4, -0.2) is 37.2 Å². The Bertz CT molecular complexity index is 436. The Morgan fingerprint density at radius 1 is 1.30 bits per heavy atom. The second-order valence-electron chi connectivity index (χ2n) is 5.75. The van der Waals surface area contributed by atoms with Crippen LogP contribution in [0.1, 0.15) is 33.1 Å². The smallest absolute Gasteiger partial charge is 0.165 e. The lowest BCUT2D eigenvalue weighted by molar-refractivity contribution is 0.230. The number of benzene rings is 1. The minimum Gasteiger partial charge on any atom is -0.494 e. The zero-order valence-corrected chi connectivity index (χ0v) is 12.7. The van der Waals surface area contributed by atoms with Crippen LogP contribution in [0.3, 0.4) is 0 Å². The molecule has 1 aliphatic rings. The van der Waals surface area contributed by atoms with Crippen LogP contribution in [0.25, 0.3) is 0 Å². The largest absolute Gasteiger partial charge is 0.494 e. The molecule has 0 bridgehead atoms. The van der Waals surface area contributed by atoms with Gasteiger partial charge in [0.1, 0.15) is 0 Å². The third-order valence-corrected chi connectivity index (χ3v) is 4.01. The number of methoxy groups -OCH3 is 1. The third-order valence-electron chi connectivity index (χ3n) is 4.01. The molecular formula is C16H25FN2O. The van der Waals surface area contributed by atoms with Gasteiger partial charge in [0.25, 0.3) is 0 Å². The molecule has 0 spiro atoms. The number of ether oxygens (including phenoxy) is 1. The van der Waals surface area contributed by atoms with E-state index in [1.165, 1.54) is 26.1 Å². The minimum atomic E-state index is -0.315. The van der Waals surface area contributed by atoms with E-state index in [0.29, 0.717) is 17.8 Å². The van der Waals surface area contributed by atoms with E-state index in [-0.39, 0.29) is 5.82 Å². The van der Waals surface area contributed by atoms with E-state index >= 15 is 0 Å². The summed E-state index contributed by atoms with van der Waals surface area (Å²) >= 11 is 0. The quantitative estimate of drug-likeness (QED) is 0.913. The van der Waals surface area contributed by atoms with Crippen molar-refractivity contribution in [2.45, 2.75) is 45.2 Å². The molecule has 1 saturated heterocycles. The van der Waals surface area contributed by atoms with Gasteiger partial charge in [-0.25, -0.2) is 4.39 Å². The lowest BCUT2D eigenvalue weighted by atomic mass is 10.1. The maximum absolute atomic E-state index is 13.4. The Hall–Kier alpha value is -1.29. The van der Waals surface area contributed by atoms with E-state index in [9.17, 15) is 4.39 Å². The Morgan fingerprint density at radius 2 is 2.10 bits per heavy atom. The van der Waals surface area contributed by atoms with E-state index < -0.39 is 0 Å². The Labute approximate surface area is 121 Å². The van der Waals surface area contributed by atoms with Crippen molar-refractivity contribution in [3.8, 4) is 5.75 Å². The highest BCUT2D eigenvalue weighted by Gasteiger charge is 2.18. The molecule has 3 nitrogen and oxygen atoms in total. The van der Waals surface area contributed by atoms with Crippen molar-refractivity contribution in [1.29, 1.82) is 0 Å². The van der Waals surface area contributed by atoms with Gasteiger partial charge < -0.3 is 15.0 Å². The average Bonchev–Trinajstić information content (AvgIpc) is 2.66. The van der Waals surface area contributed by atoms with Crippen LogP contribution in [0.15, 0.2) is 18.2 Å². The molecule has 1 N–H and O–H groups in total. The summed E-state index contributed by atoms with van der Waals surface area (Å²) < 4.78 is 18.4. The van der Waals surface area contributed by atoms with Crippen molar-refractivity contribution in [2.75, 3.05) is 25.5 Å². The molecule has 1 aromatic rings. The average molecular weight is 280 g/mol. The molecule has 112 valence electrons. The number of halogens is 1. The predicted octanol–water partition coefficient (Wildman–Crippen LogP) is 3.51. The monoisotopic (exact) mass is 280 g/mol. The van der Waals surface area contributed by atoms with Gasteiger partial charge in [-0.3, -0.25) is 0 Å².